The van der Waals surface area contributed by atoms with Gasteiger partial charge in [0, 0.05) is 19.3 Å². The molecule has 0 fully saturated rings. The Kier molecular flexibility index (Phi) is 4.17. The Morgan fingerprint density at radius 2 is 2.27 bits per heavy atom. The fourth-order valence-corrected chi connectivity index (χ4v) is 1.10. The van der Waals surface area contributed by atoms with Crippen LogP contribution in [-0.2, 0) is 4.74 Å². The summed E-state index contributed by atoms with van der Waals surface area (Å²) in [6.07, 6.45) is 3.03. The molecule has 5 nitrogen and oxygen atoms in total. The van der Waals surface area contributed by atoms with E-state index in [1.165, 1.54) is 6.20 Å². The predicted octanol–water partition coefficient (Wildman–Crippen LogP) is 0.550. The van der Waals surface area contributed by atoms with E-state index >= 15 is 0 Å². The van der Waals surface area contributed by atoms with E-state index in [1.807, 2.05) is 13.8 Å². The first-order valence-electron chi connectivity index (χ1n) is 4.72. The van der Waals surface area contributed by atoms with Gasteiger partial charge in [0.15, 0.2) is 0 Å². The lowest BCUT2D eigenvalue weighted by atomic mass is 10.3. The van der Waals surface area contributed by atoms with Gasteiger partial charge in [0.05, 0.1) is 18.5 Å². The number of amides is 1. The van der Waals surface area contributed by atoms with Gasteiger partial charge in [0.1, 0.15) is 5.69 Å². The summed E-state index contributed by atoms with van der Waals surface area (Å²) in [4.78, 5) is 19.5. The number of ether oxygens (including phenoxy) is 1. The lowest BCUT2D eigenvalue weighted by Gasteiger charge is -2.11. The molecule has 82 valence electrons. The Morgan fingerprint density at radius 3 is 2.80 bits per heavy atom. The number of hydrogen-bond donors (Lipinski definition) is 1. The molecule has 15 heavy (non-hydrogen) atoms. The molecule has 1 aromatic heterocycles. The van der Waals surface area contributed by atoms with Crippen molar-refractivity contribution in [2.45, 2.75) is 19.9 Å². The molecule has 5 heteroatoms. The number of nitrogens with one attached hydrogen (secondary N) is 1. The molecular weight excluding hydrogens is 194 g/mol. The second-order valence-electron chi connectivity index (χ2n) is 3.37. The predicted molar refractivity (Wildman–Crippen MR) is 55.6 cm³/mol. The first-order valence-corrected chi connectivity index (χ1v) is 4.72. The molecule has 0 aromatic carbocycles. The van der Waals surface area contributed by atoms with E-state index in [4.69, 9.17) is 4.74 Å². The molecule has 0 radical (unpaired) electrons. The summed E-state index contributed by atoms with van der Waals surface area (Å²) >= 11 is 0. The fraction of sp³-hybridized carbons (Fsp3) is 0.500. The Hall–Kier alpha value is -1.49. The Labute approximate surface area is 88.9 Å². The van der Waals surface area contributed by atoms with Crippen LogP contribution in [0.4, 0.5) is 0 Å². The lowest BCUT2D eigenvalue weighted by molar-refractivity contribution is 0.0900. The second-order valence-corrected chi connectivity index (χ2v) is 3.37. The van der Waals surface area contributed by atoms with Crippen molar-refractivity contribution in [2.24, 2.45) is 0 Å². The highest BCUT2D eigenvalue weighted by Crippen LogP contribution is 1.95. The summed E-state index contributed by atoms with van der Waals surface area (Å²) in [6.45, 7) is 4.16. The molecule has 0 saturated carbocycles. The van der Waals surface area contributed by atoms with Gasteiger partial charge < -0.3 is 10.1 Å². The monoisotopic (exact) mass is 209 g/mol. The maximum atomic E-state index is 11.6. The van der Waals surface area contributed by atoms with E-state index in [9.17, 15) is 4.79 Å². The Bertz CT molecular complexity index is 324. The Morgan fingerprint density at radius 1 is 1.53 bits per heavy atom. The molecule has 1 N–H and O–H groups in total. The van der Waals surface area contributed by atoms with Crippen LogP contribution in [0.1, 0.15) is 23.1 Å². The smallest absolute Gasteiger partial charge is 0.271 e. The van der Waals surface area contributed by atoms with Gasteiger partial charge in [-0.15, -0.1) is 0 Å². The minimum absolute atomic E-state index is 0.0365. The zero-order valence-corrected chi connectivity index (χ0v) is 9.15. The van der Waals surface area contributed by atoms with E-state index in [2.05, 4.69) is 15.3 Å². The minimum Gasteiger partial charge on any atom is -0.383 e. The lowest BCUT2D eigenvalue weighted by Crippen LogP contribution is -2.36. The molecule has 0 saturated heterocycles. The van der Waals surface area contributed by atoms with Crippen molar-refractivity contribution in [3.8, 4) is 0 Å². The topological polar surface area (TPSA) is 64.1 Å². The molecular formula is C10H15N3O2. The maximum absolute atomic E-state index is 11.6. The first-order chi connectivity index (χ1) is 7.13. The largest absolute Gasteiger partial charge is 0.383 e. The summed E-state index contributed by atoms with van der Waals surface area (Å²) in [5.74, 6) is -0.230. The molecule has 0 unspecified atom stereocenters. The van der Waals surface area contributed by atoms with Crippen LogP contribution in [-0.4, -0.2) is 35.6 Å². The number of carbonyl (C=O) groups is 1. The van der Waals surface area contributed by atoms with Gasteiger partial charge in [0.2, 0.25) is 0 Å². The van der Waals surface area contributed by atoms with E-state index in [1.54, 1.807) is 13.3 Å². The van der Waals surface area contributed by atoms with Crippen molar-refractivity contribution in [1.29, 1.82) is 0 Å². The van der Waals surface area contributed by atoms with Crippen LogP contribution in [0.2, 0.25) is 0 Å². The number of rotatable bonds is 4. The SMILES string of the molecule is COC[C@@H](C)NC(=O)c1cnc(C)cn1. The van der Waals surface area contributed by atoms with Crippen molar-refractivity contribution in [3.63, 3.8) is 0 Å². The zero-order valence-electron chi connectivity index (χ0n) is 9.15. The summed E-state index contributed by atoms with van der Waals surface area (Å²) in [5, 5.41) is 2.75. The van der Waals surface area contributed by atoms with Crippen LogP contribution in [0.15, 0.2) is 12.4 Å². The van der Waals surface area contributed by atoms with Crippen LogP contribution < -0.4 is 5.32 Å². The maximum Gasteiger partial charge on any atom is 0.271 e. The average molecular weight is 209 g/mol. The number of methoxy groups -OCH3 is 1. The van der Waals surface area contributed by atoms with Crippen LogP contribution >= 0.6 is 0 Å². The third-order valence-corrected chi connectivity index (χ3v) is 1.81. The highest BCUT2D eigenvalue weighted by molar-refractivity contribution is 5.92. The number of aromatic nitrogens is 2. The van der Waals surface area contributed by atoms with Crippen LogP contribution in [0.5, 0.6) is 0 Å². The van der Waals surface area contributed by atoms with Gasteiger partial charge in [0.25, 0.3) is 5.91 Å². The normalized spacial score (nSPS) is 12.2. The summed E-state index contributed by atoms with van der Waals surface area (Å²) < 4.78 is 4.91. The van der Waals surface area contributed by atoms with Crippen molar-refractivity contribution in [3.05, 3.63) is 23.8 Å². The highest BCUT2D eigenvalue weighted by Gasteiger charge is 2.10. The standard InChI is InChI=1S/C10H15N3O2/c1-7-4-12-9(5-11-7)10(14)13-8(2)6-15-3/h4-5,8H,6H2,1-3H3,(H,13,14)/t8-/m1/s1. The fourth-order valence-electron chi connectivity index (χ4n) is 1.10. The second kappa shape index (κ2) is 5.41. The number of carbonyl (C=O) groups excluding carboxylic acids is 1. The van der Waals surface area contributed by atoms with E-state index in [-0.39, 0.29) is 11.9 Å². The van der Waals surface area contributed by atoms with Gasteiger partial charge in [-0.05, 0) is 13.8 Å². The molecule has 0 aliphatic rings. The molecule has 1 atom stereocenters. The highest BCUT2D eigenvalue weighted by atomic mass is 16.5. The van der Waals surface area contributed by atoms with Gasteiger partial charge in [-0.25, -0.2) is 4.98 Å². The third-order valence-electron chi connectivity index (χ3n) is 1.81. The number of aryl methyl sites for hydroxylation is 1. The Balaban J connectivity index is 2.57. The van der Waals surface area contributed by atoms with Crippen molar-refractivity contribution >= 4 is 5.91 Å². The minimum atomic E-state index is -0.230. The summed E-state index contributed by atoms with van der Waals surface area (Å²) in [6, 6.07) is -0.0365. The number of hydrogen-bond acceptors (Lipinski definition) is 4. The third kappa shape index (κ3) is 3.63. The van der Waals surface area contributed by atoms with Gasteiger partial charge in [-0.3, -0.25) is 9.78 Å². The van der Waals surface area contributed by atoms with Gasteiger partial charge in [-0.1, -0.05) is 0 Å². The number of nitrogens with zero attached hydrogens (tertiary/aromatic N) is 2. The van der Waals surface area contributed by atoms with E-state index in [0.717, 1.165) is 5.69 Å². The van der Waals surface area contributed by atoms with Gasteiger partial charge >= 0.3 is 0 Å². The molecule has 0 spiro atoms. The molecule has 1 aromatic rings. The summed E-state index contributed by atoms with van der Waals surface area (Å²) in [5.41, 5.74) is 1.11. The zero-order chi connectivity index (χ0) is 11.3. The first kappa shape index (κ1) is 11.6. The van der Waals surface area contributed by atoms with Crippen LogP contribution in [0.25, 0.3) is 0 Å². The van der Waals surface area contributed by atoms with Crippen LogP contribution in [0.3, 0.4) is 0 Å². The molecule has 1 heterocycles. The molecule has 0 aliphatic heterocycles. The van der Waals surface area contributed by atoms with Crippen LogP contribution in [0, 0.1) is 6.92 Å². The van der Waals surface area contributed by atoms with Crippen molar-refractivity contribution < 1.29 is 9.53 Å². The molecule has 0 aliphatic carbocycles. The van der Waals surface area contributed by atoms with E-state index < -0.39 is 0 Å². The molecule has 1 rings (SSSR count). The van der Waals surface area contributed by atoms with Crippen molar-refractivity contribution in [2.75, 3.05) is 13.7 Å². The average Bonchev–Trinajstić information content (AvgIpc) is 2.18. The molecule has 0 bridgehead atoms. The summed E-state index contributed by atoms with van der Waals surface area (Å²) in [7, 11) is 1.59. The quantitative estimate of drug-likeness (QED) is 0.786. The van der Waals surface area contributed by atoms with E-state index in [0.29, 0.717) is 12.3 Å². The van der Waals surface area contributed by atoms with Crippen molar-refractivity contribution in [1.82, 2.24) is 15.3 Å². The van der Waals surface area contributed by atoms with Gasteiger partial charge in [-0.2, -0.15) is 0 Å². The molecule has 1 amide bonds.